The molecule has 0 aliphatic carbocycles. The van der Waals surface area contributed by atoms with Crippen molar-refractivity contribution in [3.63, 3.8) is 0 Å². The van der Waals surface area contributed by atoms with Gasteiger partial charge < -0.3 is 11.1 Å². The number of carbonyl (C=O) groups excluding carboxylic acids is 1. The number of aromatic nitrogens is 1. The van der Waals surface area contributed by atoms with E-state index in [2.05, 4.69) is 26.2 Å². The summed E-state index contributed by atoms with van der Waals surface area (Å²) in [7, 11) is 0. The van der Waals surface area contributed by atoms with Gasteiger partial charge in [0.15, 0.2) is 0 Å². The molecular weight excluding hydrogens is 282 g/mol. The van der Waals surface area contributed by atoms with Gasteiger partial charge in [0.25, 0.3) is 5.91 Å². The van der Waals surface area contributed by atoms with Gasteiger partial charge in [-0.2, -0.15) is 0 Å². The number of nitrogens with zero attached hydrogens (tertiary/aromatic N) is 1. The van der Waals surface area contributed by atoms with Gasteiger partial charge >= 0.3 is 0 Å². The molecule has 0 saturated heterocycles. The Morgan fingerprint density at radius 2 is 2.12 bits per heavy atom. The number of halogens is 1. The monoisotopic (exact) mass is 291 g/mol. The Kier molecular flexibility index (Phi) is 3.39. The lowest BCUT2D eigenvalue weighted by atomic mass is 10.2. The predicted molar refractivity (Wildman–Crippen MR) is 70.7 cm³/mol. The SMILES string of the molecule is Nc1ccc(NC(=O)c2ccccn2)cc1Br. The third-order valence-corrected chi connectivity index (χ3v) is 2.84. The van der Waals surface area contributed by atoms with Crippen LogP contribution in [0.15, 0.2) is 47.1 Å². The summed E-state index contributed by atoms with van der Waals surface area (Å²) in [5.41, 5.74) is 7.33. The summed E-state index contributed by atoms with van der Waals surface area (Å²) >= 11 is 3.30. The van der Waals surface area contributed by atoms with Gasteiger partial charge in [0, 0.05) is 22.0 Å². The highest BCUT2D eigenvalue weighted by Gasteiger charge is 2.07. The third-order valence-electron chi connectivity index (χ3n) is 2.16. The second-order valence-electron chi connectivity index (χ2n) is 3.41. The van der Waals surface area contributed by atoms with Gasteiger partial charge in [0.05, 0.1) is 0 Å². The van der Waals surface area contributed by atoms with E-state index >= 15 is 0 Å². The topological polar surface area (TPSA) is 68.0 Å². The lowest BCUT2D eigenvalue weighted by Gasteiger charge is -2.06. The van der Waals surface area contributed by atoms with E-state index in [4.69, 9.17) is 5.73 Å². The summed E-state index contributed by atoms with van der Waals surface area (Å²) in [6.07, 6.45) is 1.58. The molecule has 2 rings (SSSR count). The molecule has 0 spiro atoms. The van der Waals surface area contributed by atoms with Crippen LogP contribution in [0.25, 0.3) is 0 Å². The maximum absolute atomic E-state index is 11.8. The van der Waals surface area contributed by atoms with Crippen molar-refractivity contribution >= 4 is 33.2 Å². The van der Waals surface area contributed by atoms with Crippen molar-refractivity contribution in [2.24, 2.45) is 0 Å². The standard InChI is InChI=1S/C12H10BrN3O/c13-9-7-8(4-5-10(9)14)16-12(17)11-3-1-2-6-15-11/h1-7H,14H2,(H,16,17). The van der Waals surface area contributed by atoms with Crippen molar-refractivity contribution in [2.45, 2.75) is 0 Å². The van der Waals surface area contributed by atoms with E-state index in [9.17, 15) is 4.79 Å². The fourth-order valence-electron chi connectivity index (χ4n) is 1.30. The van der Waals surface area contributed by atoms with Crippen LogP contribution < -0.4 is 11.1 Å². The summed E-state index contributed by atoms with van der Waals surface area (Å²) in [5, 5.41) is 2.74. The van der Waals surface area contributed by atoms with Crippen LogP contribution in [-0.2, 0) is 0 Å². The summed E-state index contributed by atoms with van der Waals surface area (Å²) in [6.45, 7) is 0. The molecule has 0 saturated carbocycles. The molecule has 1 aromatic heterocycles. The Labute approximate surface area is 107 Å². The quantitative estimate of drug-likeness (QED) is 0.836. The molecule has 4 nitrogen and oxygen atoms in total. The van der Waals surface area contributed by atoms with Crippen LogP contribution in [0.5, 0.6) is 0 Å². The first-order chi connectivity index (χ1) is 8.16. The highest BCUT2D eigenvalue weighted by molar-refractivity contribution is 9.10. The third kappa shape index (κ3) is 2.82. The number of carbonyl (C=O) groups is 1. The molecule has 17 heavy (non-hydrogen) atoms. The van der Waals surface area contributed by atoms with Crippen molar-refractivity contribution in [3.05, 3.63) is 52.8 Å². The number of anilines is 2. The molecule has 1 amide bonds. The summed E-state index contributed by atoms with van der Waals surface area (Å²) in [5.74, 6) is -0.248. The van der Waals surface area contributed by atoms with Gasteiger partial charge in [-0.15, -0.1) is 0 Å². The molecule has 3 N–H and O–H groups in total. The van der Waals surface area contributed by atoms with E-state index < -0.39 is 0 Å². The Bertz CT molecular complexity index is 543. The first-order valence-corrected chi connectivity index (χ1v) is 5.73. The number of rotatable bonds is 2. The number of hydrogen-bond donors (Lipinski definition) is 2. The van der Waals surface area contributed by atoms with Gasteiger partial charge in [-0.05, 0) is 46.3 Å². The molecule has 0 bridgehead atoms. The lowest BCUT2D eigenvalue weighted by molar-refractivity contribution is 0.102. The number of nitrogens with two attached hydrogens (primary N) is 1. The molecule has 0 fully saturated rings. The Morgan fingerprint density at radius 1 is 1.29 bits per heavy atom. The van der Waals surface area contributed by atoms with E-state index in [1.54, 1.807) is 42.6 Å². The summed E-state index contributed by atoms with van der Waals surface area (Å²) in [6, 6.07) is 10.4. The Balaban J connectivity index is 2.16. The molecule has 5 heteroatoms. The zero-order chi connectivity index (χ0) is 12.3. The zero-order valence-corrected chi connectivity index (χ0v) is 10.4. The first-order valence-electron chi connectivity index (χ1n) is 4.94. The van der Waals surface area contributed by atoms with Crippen molar-refractivity contribution < 1.29 is 4.79 Å². The van der Waals surface area contributed by atoms with Gasteiger partial charge in [-0.25, -0.2) is 0 Å². The van der Waals surface area contributed by atoms with E-state index in [0.29, 0.717) is 17.1 Å². The average molecular weight is 292 g/mol. The number of benzene rings is 1. The minimum absolute atomic E-state index is 0.248. The lowest BCUT2D eigenvalue weighted by Crippen LogP contribution is -2.13. The van der Waals surface area contributed by atoms with Gasteiger partial charge in [0.2, 0.25) is 0 Å². The maximum Gasteiger partial charge on any atom is 0.274 e. The smallest absolute Gasteiger partial charge is 0.274 e. The maximum atomic E-state index is 11.8. The van der Waals surface area contributed by atoms with Crippen molar-refractivity contribution in [1.82, 2.24) is 4.98 Å². The largest absolute Gasteiger partial charge is 0.398 e. The van der Waals surface area contributed by atoms with Crippen LogP contribution in [0.1, 0.15) is 10.5 Å². The van der Waals surface area contributed by atoms with Crippen molar-refractivity contribution in [3.8, 4) is 0 Å². The molecule has 1 aromatic carbocycles. The molecular formula is C12H10BrN3O. The molecule has 86 valence electrons. The fourth-order valence-corrected chi connectivity index (χ4v) is 1.68. The molecule has 0 radical (unpaired) electrons. The highest BCUT2D eigenvalue weighted by atomic mass is 79.9. The molecule has 0 atom stereocenters. The molecule has 0 unspecified atom stereocenters. The van der Waals surface area contributed by atoms with E-state index in [-0.39, 0.29) is 5.91 Å². The molecule has 0 aliphatic rings. The molecule has 0 aliphatic heterocycles. The normalized spacial score (nSPS) is 9.94. The average Bonchev–Trinajstić information content (AvgIpc) is 2.35. The first kappa shape index (κ1) is 11.6. The summed E-state index contributed by atoms with van der Waals surface area (Å²) in [4.78, 5) is 15.8. The number of hydrogen-bond acceptors (Lipinski definition) is 3. The van der Waals surface area contributed by atoms with Gasteiger partial charge in [-0.1, -0.05) is 6.07 Å². The number of nitrogens with one attached hydrogen (secondary N) is 1. The zero-order valence-electron chi connectivity index (χ0n) is 8.85. The number of pyridine rings is 1. The summed E-state index contributed by atoms with van der Waals surface area (Å²) < 4.78 is 0.747. The Morgan fingerprint density at radius 3 is 2.76 bits per heavy atom. The molecule has 2 aromatic rings. The van der Waals surface area contributed by atoms with Crippen LogP contribution in [0, 0.1) is 0 Å². The van der Waals surface area contributed by atoms with Crippen LogP contribution in [0.4, 0.5) is 11.4 Å². The second kappa shape index (κ2) is 4.97. The van der Waals surface area contributed by atoms with Gasteiger partial charge in [-0.3, -0.25) is 9.78 Å². The molecule has 1 heterocycles. The number of amides is 1. The van der Waals surface area contributed by atoms with Crippen molar-refractivity contribution in [1.29, 1.82) is 0 Å². The Hall–Kier alpha value is -1.88. The van der Waals surface area contributed by atoms with Crippen molar-refractivity contribution in [2.75, 3.05) is 11.1 Å². The van der Waals surface area contributed by atoms with E-state index in [1.807, 2.05) is 0 Å². The minimum Gasteiger partial charge on any atom is -0.398 e. The van der Waals surface area contributed by atoms with Crippen LogP contribution >= 0.6 is 15.9 Å². The predicted octanol–water partition coefficient (Wildman–Crippen LogP) is 2.68. The fraction of sp³-hybridized carbons (Fsp3) is 0. The van der Waals surface area contributed by atoms with Gasteiger partial charge in [0.1, 0.15) is 5.69 Å². The van der Waals surface area contributed by atoms with Crippen LogP contribution in [0.3, 0.4) is 0 Å². The number of nitrogen functional groups attached to an aromatic ring is 1. The van der Waals surface area contributed by atoms with Crippen LogP contribution in [0.2, 0.25) is 0 Å². The second-order valence-corrected chi connectivity index (χ2v) is 4.26. The van der Waals surface area contributed by atoms with E-state index in [1.165, 1.54) is 0 Å². The highest BCUT2D eigenvalue weighted by Crippen LogP contribution is 2.23. The van der Waals surface area contributed by atoms with E-state index in [0.717, 1.165) is 4.47 Å². The van der Waals surface area contributed by atoms with Crippen LogP contribution in [-0.4, -0.2) is 10.9 Å². The minimum atomic E-state index is -0.248.